The van der Waals surface area contributed by atoms with Crippen LogP contribution in [0.5, 0.6) is 0 Å². The fraction of sp³-hybridized carbons (Fsp3) is 0.588. The first kappa shape index (κ1) is 14.5. The maximum Gasteiger partial charge on any atom is 0.256 e. The predicted molar refractivity (Wildman–Crippen MR) is 81.7 cm³/mol. The monoisotopic (exact) mass is 288 g/mol. The number of aliphatic hydroxyl groups excluding tert-OH is 1. The minimum Gasteiger partial charge on any atom is -0.378 e. The molecule has 114 valence electrons. The standard InChI is InChI=1S/C17H24N2O2/c1-18-11-9-15-14(12-18)8-5-10-19(15)17(21)16(20)13-6-3-2-4-7-13/h2-4,6-7,14-16,20H,5,8-12H2,1H3. The van der Waals surface area contributed by atoms with Crippen LogP contribution in [0.3, 0.4) is 0 Å². The molecule has 2 aliphatic heterocycles. The van der Waals surface area contributed by atoms with Crippen molar-refractivity contribution in [3.05, 3.63) is 35.9 Å². The average Bonchev–Trinajstić information content (AvgIpc) is 2.53. The molecule has 0 radical (unpaired) electrons. The molecular weight excluding hydrogens is 264 g/mol. The maximum atomic E-state index is 12.7. The molecule has 1 aromatic carbocycles. The van der Waals surface area contributed by atoms with Crippen LogP contribution in [-0.2, 0) is 4.79 Å². The second-order valence-corrected chi connectivity index (χ2v) is 6.37. The van der Waals surface area contributed by atoms with Gasteiger partial charge >= 0.3 is 0 Å². The van der Waals surface area contributed by atoms with Crippen molar-refractivity contribution in [2.75, 3.05) is 26.7 Å². The Morgan fingerprint density at radius 1 is 1.24 bits per heavy atom. The van der Waals surface area contributed by atoms with Crippen molar-refractivity contribution in [3.8, 4) is 0 Å². The lowest BCUT2D eigenvalue weighted by molar-refractivity contribution is -0.147. The molecule has 4 nitrogen and oxygen atoms in total. The molecule has 2 aliphatic rings. The number of carbonyl (C=O) groups is 1. The second-order valence-electron chi connectivity index (χ2n) is 6.37. The molecule has 3 rings (SSSR count). The lowest BCUT2D eigenvalue weighted by Crippen LogP contribution is -2.56. The Balaban J connectivity index is 1.74. The Bertz CT molecular complexity index is 491. The Labute approximate surface area is 126 Å². The van der Waals surface area contributed by atoms with Crippen molar-refractivity contribution in [1.82, 2.24) is 9.80 Å². The summed E-state index contributed by atoms with van der Waals surface area (Å²) in [5.74, 6) is 0.435. The van der Waals surface area contributed by atoms with Crippen LogP contribution in [0.25, 0.3) is 0 Å². The fourth-order valence-electron chi connectivity index (χ4n) is 3.79. The lowest BCUT2D eigenvalue weighted by atomic mass is 9.83. The van der Waals surface area contributed by atoms with E-state index in [1.54, 1.807) is 0 Å². The summed E-state index contributed by atoms with van der Waals surface area (Å²) in [6, 6.07) is 9.56. The van der Waals surface area contributed by atoms with Crippen molar-refractivity contribution in [1.29, 1.82) is 0 Å². The number of hydrogen-bond acceptors (Lipinski definition) is 3. The first-order chi connectivity index (χ1) is 10.2. The summed E-state index contributed by atoms with van der Waals surface area (Å²) >= 11 is 0. The van der Waals surface area contributed by atoms with E-state index in [4.69, 9.17) is 0 Å². The largest absolute Gasteiger partial charge is 0.378 e. The van der Waals surface area contributed by atoms with E-state index in [0.717, 1.165) is 32.5 Å². The minimum absolute atomic E-state index is 0.125. The average molecular weight is 288 g/mol. The number of nitrogens with zero attached hydrogens (tertiary/aromatic N) is 2. The highest BCUT2D eigenvalue weighted by atomic mass is 16.3. The topological polar surface area (TPSA) is 43.8 Å². The first-order valence-corrected chi connectivity index (χ1v) is 7.89. The molecule has 1 N–H and O–H groups in total. The summed E-state index contributed by atoms with van der Waals surface area (Å²) in [7, 11) is 2.15. The number of benzene rings is 1. The molecule has 2 heterocycles. The summed E-state index contributed by atoms with van der Waals surface area (Å²) in [5, 5.41) is 10.4. The van der Waals surface area contributed by atoms with Crippen LogP contribution in [0.2, 0.25) is 0 Å². The van der Waals surface area contributed by atoms with Gasteiger partial charge in [-0.1, -0.05) is 30.3 Å². The number of hydrogen-bond donors (Lipinski definition) is 1. The Morgan fingerprint density at radius 2 is 2.00 bits per heavy atom. The molecule has 0 bridgehead atoms. The van der Waals surface area contributed by atoms with E-state index in [-0.39, 0.29) is 5.91 Å². The van der Waals surface area contributed by atoms with Gasteiger partial charge in [-0.3, -0.25) is 4.79 Å². The van der Waals surface area contributed by atoms with Crippen molar-refractivity contribution in [3.63, 3.8) is 0 Å². The first-order valence-electron chi connectivity index (χ1n) is 7.89. The molecule has 2 fully saturated rings. The summed E-state index contributed by atoms with van der Waals surface area (Å²) in [6.07, 6.45) is 2.24. The normalized spacial score (nSPS) is 28.0. The van der Waals surface area contributed by atoms with Gasteiger partial charge in [0.15, 0.2) is 6.10 Å². The van der Waals surface area contributed by atoms with Gasteiger partial charge in [0.05, 0.1) is 0 Å². The summed E-state index contributed by atoms with van der Waals surface area (Å²) in [5.41, 5.74) is 0.692. The third kappa shape index (κ3) is 2.97. The number of likely N-dealkylation sites (tertiary alicyclic amines) is 2. The molecule has 1 aromatic rings. The maximum absolute atomic E-state index is 12.7. The smallest absolute Gasteiger partial charge is 0.256 e. The van der Waals surface area contributed by atoms with Crippen LogP contribution in [0, 0.1) is 5.92 Å². The molecule has 0 spiro atoms. The molecule has 2 saturated heterocycles. The van der Waals surface area contributed by atoms with Gasteiger partial charge in [-0.2, -0.15) is 0 Å². The third-order valence-electron chi connectivity index (χ3n) is 4.90. The van der Waals surface area contributed by atoms with Crippen molar-refractivity contribution in [2.24, 2.45) is 5.92 Å². The molecule has 0 saturated carbocycles. The molecule has 1 amide bonds. The van der Waals surface area contributed by atoms with Gasteiger partial charge in [0, 0.05) is 19.1 Å². The van der Waals surface area contributed by atoms with E-state index in [9.17, 15) is 9.90 Å². The van der Waals surface area contributed by atoms with E-state index in [1.165, 1.54) is 6.42 Å². The third-order valence-corrected chi connectivity index (χ3v) is 4.90. The molecular formula is C17H24N2O2. The van der Waals surface area contributed by atoms with Gasteiger partial charge in [0.2, 0.25) is 0 Å². The Morgan fingerprint density at radius 3 is 2.76 bits per heavy atom. The zero-order valence-corrected chi connectivity index (χ0v) is 12.6. The Hall–Kier alpha value is -1.39. The minimum atomic E-state index is -1.02. The van der Waals surface area contributed by atoms with E-state index in [1.807, 2.05) is 35.2 Å². The second kappa shape index (κ2) is 6.16. The van der Waals surface area contributed by atoms with Gasteiger partial charge in [0.25, 0.3) is 5.91 Å². The number of aliphatic hydroxyl groups is 1. The van der Waals surface area contributed by atoms with Gasteiger partial charge in [0.1, 0.15) is 0 Å². The van der Waals surface area contributed by atoms with Crippen molar-refractivity contribution >= 4 is 5.91 Å². The van der Waals surface area contributed by atoms with E-state index in [0.29, 0.717) is 17.5 Å². The van der Waals surface area contributed by atoms with E-state index in [2.05, 4.69) is 11.9 Å². The van der Waals surface area contributed by atoms with Gasteiger partial charge in [-0.25, -0.2) is 0 Å². The molecule has 0 aromatic heterocycles. The van der Waals surface area contributed by atoms with Crippen LogP contribution in [-0.4, -0.2) is 53.5 Å². The summed E-state index contributed by atoms with van der Waals surface area (Å²) in [4.78, 5) is 17.0. The highest BCUT2D eigenvalue weighted by Crippen LogP contribution is 2.32. The van der Waals surface area contributed by atoms with Crippen LogP contribution >= 0.6 is 0 Å². The highest BCUT2D eigenvalue weighted by Gasteiger charge is 2.39. The van der Waals surface area contributed by atoms with Gasteiger partial charge < -0.3 is 14.9 Å². The zero-order chi connectivity index (χ0) is 14.8. The summed E-state index contributed by atoms with van der Waals surface area (Å²) in [6.45, 7) is 2.88. The zero-order valence-electron chi connectivity index (χ0n) is 12.6. The number of rotatable bonds is 2. The quantitative estimate of drug-likeness (QED) is 0.900. The molecule has 0 aliphatic carbocycles. The molecule has 3 atom stereocenters. The van der Waals surface area contributed by atoms with Crippen LogP contribution in [0.4, 0.5) is 0 Å². The summed E-state index contributed by atoms with van der Waals surface area (Å²) < 4.78 is 0. The lowest BCUT2D eigenvalue weighted by Gasteiger charge is -2.47. The van der Waals surface area contributed by atoms with Crippen LogP contribution in [0.1, 0.15) is 30.9 Å². The Kier molecular flexibility index (Phi) is 4.27. The van der Waals surface area contributed by atoms with Crippen molar-refractivity contribution in [2.45, 2.75) is 31.4 Å². The number of amides is 1. The van der Waals surface area contributed by atoms with E-state index < -0.39 is 6.10 Å². The predicted octanol–water partition coefficient (Wildman–Crippen LogP) is 1.66. The SMILES string of the molecule is CN1CCC2C(CCCN2C(=O)C(O)c2ccccc2)C1. The fourth-order valence-corrected chi connectivity index (χ4v) is 3.79. The molecule has 3 unspecified atom stereocenters. The van der Waals surface area contributed by atoms with Crippen LogP contribution in [0.15, 0.2) is 30.3 Å². The number of piperidine rings is 2. The highest BCUT2D eigenvalue weighted by molar-refractivity contribution is 5.82. The van der Waals surface area contributed by atoms with Crippen LogP contribution < -0.4 is 0 Å². The van der Waals surface area contributed by atoms with Crippen molar-refractivity contribution < 1.29 is 9.90 Å². The number of carbonyl (C=O) groups excluding carboxylic acids is 1. The van der Waals surface area contributed by atoms with E-state index >= 15 is 0 Å². The van der Waals surface area contributed by atoms with Gasteiger partial charge in [-0.05, 0) is 44.3 Å². The van der Waals surface area contributed by atoms with Gasteiger partial charge in [-0.15, -0.1) is 0 Å². The molecule has 4 heteroatoms. The number of fused-ring (bicyclic) bond motifs is 1. The molecule has 21 heavy (non-hydrogen) atoms.